The number of hydrazone groups is 1. The van der Waals surface area contributed by atoms with Gasteiger partial charge in [-0.15, -0.1) is 10.2 Å². The number of rotatable bonds is 11. The number of nitrogens with zero attached hydrogens (tertiary/aromatic N) is 4. The monoisotopic (exact) mass is 513 g/mol. The summed E-state index contributed by atoms with van der Waals surface area (Å²) in [5.74, 6) is 2.10. The highest BCUT2D eigenvalue weighted by Crippen LogP contribution is 2.28. The van der Waals surface area contributed by atoms with Crippen LogP contribution in [0.3, 0.4) is 0 Å². The summed E-state index contributed by atoms with van der Waals surface area (Å²) in [7, 11) is 1.62. The molecule has 0 fully saturated rings. The third kappa shape index (κ3) is 6.86. The summed E-state index contributed by atoms with van der Waals surface area (Å²) < 4.78 is 12.8. The number of hydrogen-bond acceptors (Lipinski definition) is 7. The van der Waals surface area contributed by atoms with Crippen molar-refractivity contribution in [1.82, 2.24) is 20.2 Å². The molecule has 0 bridgehead atoms. The predicted molar refractivity (Wildman–Crippen MR) is 147 cm³/mol. The van der Waals surface area contributed by atoms with E-state index in [2.05, 4.69) is 20.7 Å². The number of carbonyl (C=O) groups excluding carboxylic acids is 1. The van der Waals surface area contributed by atoms with Gasteiger partial charge in [0.1, 0.15) is 11.5 Å². The van der Waals surface area contributed by atoms with Gasteiger partial charge >= 0.3 is 0 Å². The van der Waals surface area contributed by atoms with Gasteiger partial charge in [0.05, 0.1) is 19.5 Å². The van der Waals surface area contributed by atoms with Gasteiger partial charge in [-0.05, 0) is 49.4 Å². The number of amides is 1. The quantitative estimate of drug-likeness (QED) is 0.167. The van der Waals surface area contributed by atoms with E-state index in [1.165, 1.54) is 18.0 Å². The molecule has 4 aromatic rings. The molecule has 9 heteroatoms. The number of para-hydroxylation sites is 1. The lowest BCUT2D eigenvalue weighted by Crippen LogP contribution is -2.19. The lowest BCUT2D eigenvalue weighted by atomic mass is 10.2. The summed E-state index contributed by atoms with van der Waals surface area (Å²) in [5.41, 5.74) is 5.25. The predicted octanol–water partition coefficient (Wildman–Crippen LogP) is 5.25. The van der Waals surface area contributed by atoms with Crippen LogP contribution >= 0.6 is 11.8 Å². The van der Waals surface area contributed by atoms with Gasteiger partial charge in [-0.25, -0.2) is 5.43 Å². The first kappa shape index (κ1) is 25.7. The van der Waals surface area contributed by atoms with E-state index in [-0.39, 0.29) is 11.7 Å². The van der Waals surface area contributed by atoms with Crippen LogP contribution in [-0.4, -0.2) is 46.4 Å². The van der Waals surface area contributed by atoms with Crippen LogP contribution in [-0.2, 0) is 4.79 Å². The van der Waals surface area contributed by atoms with Crippen LogP contribution in [0, 0.1) is 0 Å². The highest BCUT2D eigenvalue weighted by Gasteiger charge is 2.17. The topological polar surface area (TPSA) is 90.6 Å². The zero-order chi connectivity index (χ0) is 25.9. The van der Waals surface area contributed by atoms with Crippen molar-refractivity contribution in [3.8, 4) is 28.6 Å². The van der Waals surface area contributed by atoms with Crippen molar-refractivity contribution in [3.63, 3.8) is 0 Å². The lowest BCUT2D eigenvalue weighted by Gasteiger charge is -2.11. The van der Waals surface area contributed by atoms with Crippen molar-refractivity contribution in [3.05, 3.63) is 90.5 Å². The Kier molecular flexibility index (Phi) is 9.09. The molecule has 4 rings (SSSR count). The minimum Gasteiger partial charge on any atom is -0.496 e. The molecule has 0 unspecified atom stereocenters. The molecule has 0 aliphatic heterocycles. The van der Waals surface area contributed by atoms with Crippen molar-refractivity contribution in [2.75, 3.05) is 19.5 Å². The van der Waals surface area contributed by atoms with Crippen LogP contribution in [0.5, 0.6) is 11.5 Å². The van der Waals surface area contributed by atoms with E-state index >= 15 is 0 Å². The van der Waals surface area contributed by atoms with Gasteiger partial charge in [0.2, 0.25) is 0 Å². The minimum absolute atomic E-state index is 0.123. The van der Waals surface area contributed by atoms with Gasteiger partial charge < -0.3 is 9.47 Å². The number of thioether (sulfide) groups is 1. The van der Waals surface area contributed by atoms with E-state index < -0.39 is 0 Å². The number of allylic oxidation sites excluding steroid dienone is 1. The number of hydrogen-bond donors (Lipinski definition) is 1. The molecule has 8 nitrogen and oxygen atoms in total. The Hall–Kier alpha value is -4.37. The number of nitrogens with one attached hydrogen (secondary N) is 1. The van der Waals surface area contributed by atoms with E-state index in [1.54, 1.807) is 13.2 Å². The zero-order valence-electron chi connectivity index (χ0n) is 20.6. The second kappa shape index (κ2) is 13.1. The van der Waals surface area contributed by atoms with Crippen molar-refractivity contribution >= 4 is 30.0 Å². The third-order valence-electron chi connectivity index (χ3n) is 5.17. The lowest BCUT2D eigenvalue weighted by molar-refractivity contribution is -0.118. The number of methoxy groups -OCH3 is 1. The summed E-state index contributed by atoms with van der Waals surface area (Å²) in [6.07, 6.45) is 5.11. The number of ether oxygens (including phenoxy) is 2. The maximum atomic E-state index is 12.4. The van der Waals surface area contributed by atoms with E-state index in [9.17, 15) is 4.79 Å². The first-order chi connectivity index (χ1) is 18.2. The fraction of sp³-hybridized carbons (Fsp3) is 0.143. The molecule has 0 aliphatic rings. The fourth-order valence-corrected chi connectivity index (χ4v) is 4.24. The second-order valence-electron chi connectivity index (χ2n) is 7.64. The SMILES string of the molecule is CCOc1ccc(-n2c(SCC(=O)N/N=C\C=C\c3ccccc3OC)nnc2-c2ccccc2)cc1. The van der Waals surface area contributed by atoms with Crippen LogP contribution in [0.1, 0.15) is 12.5 Å². The van der Waals surface area contributed by atoms with Gasteiger partial charge in [0.25, 0.3) is 5.91 Å². The maximum Gasteiger partial charge on any atom is 0.250 e. The maximum absolute atomic E-state index is 12.4. The molecule has 3 aromatic carbocycles. The Morgan fingerprint density at radius 1 is 1.03 bits per heavy atom. The molecule has 0 radical (unpaired) electrons. The highest BCUT2D eigenvalue weighted by molar-refractivity contribution is 7.99. The Morgan fingerprint density at radius 3 is 2.54 bits per heavy atom. The molecule has 0 aliphatic carbocycles. The average molecular weight is 514 g/mol. The molecule has 0 saturated carbocycles. The smallest absolute Gasteiger partial charge is 0.250 e. The van der Waals surface area contributed by atoms with Gasteiger partial charge in [-0.1, -0.05) is 60.3 Å². The van der Waals surface area contributed by atoms with E-state index in [0.29, 0.717) is 17.6 Å². The van der Waals surface area contributed by atoms with Gasteiger partial charge in [0, 0.05) is 23.0 Å². The van der Waals surface area contributed by atoms with Gasteiger partial charge in [0.15, 0.2) is 11.0 Å². The molecule has 37 heavy (non-hydrogen) atoms. The average Bonchev–Trinajstić information content (AvgIpc) is 3.37. The van der Waals surface area contributed by atoms with Crippen molar-refractivity contribution < 1.29 is 14.3 Å². The molecule has 1 heterocycles. The van der Waals surface area contributed by atoms with E-state index in [0.717, 1.165) is 28.3 Å². The Bertz CT molecular complexity index is 1370. The van der Waals surface area contributed by atoms with Crippen molar-refractivity contribution in [2.45, 2.75) is 12.1 Å². The third-order valence-corrected chi connectivity index (χ3v) is 6.10. The second-order valence-corrected chi connectivity index (χ2v) is 8.58. The fourth-order valence-electron chi connectivity index (χ4n) is 3.49. The van der Waals surface area contributed by atoms with Crippen molar-refractivity contribution in [2.24, 2.45) is 5.10 Å². The van der Waals surface area contributed by atoms with Crippen LogP contribution < -0.4 is 14.9 Å². The van der Waals surface area contributed by atoms with Gasteiger partial charge in [-0.3, -0.25) is 9.36 Å². The number of aromatic nitrogens is 3. The van der Waals surface area contributed by atoms with E-state index in [4.69, 9.17) is 9.47 Å². The minimum atomic E-state index is -0.255. The van der Waals surface area contributed by atoms with Crippen molar-refractivity contribution in [1.29, 1.82) is 0 Å². The Balaban J connectivity index is 1.43. The number of benzene rings is 3. The Labute approximate surface area is 220 Å². The van der Waals surface area contributed by atoms with Crippen LogP contribution in [0.2, 0.25) is 0 Å². The molecule has 1 aromatic heterocycles. The van der Waals surface area contributed by atoms with Gasteiger partial charge in [-0.2, -0.15) is 5.10 Å². The summed E-state index contributed by atoms with van der Waals surface area (Å²) in [5, 5.41) is 13.4. The molecule has 1 amide bonds. The Morgan fingerprint density at radius 2 is 1.78 bits per heavy atom. The summed E-state index contributed by atoms with van der Waals surface area (Å²) in [6, 6.07) is 25.2. The molecular formula is C28H27N5O3S. The normalized spacial score (nSPS) is 11.2. The molecule has 0 saturated heterocycles. The standard InChI is InChI=1S/C28H27N5O3S/c1-3-36-24-17-15-23(16-18-24)33-27(22-11-5-4-6-12-22)31-32-28(33)37-20-26(34)30-29-19-9-13-21-10-7-8-14-25(21)35-2/h4-19H,3,20H2,1-2H3,(H,30,34)/b13-9+,29-19-. The molecule has 0 spiro atoms. The molecule has 188 valence electrons. The first-order valence-electron chi connectivity index (χ1n) is 11.7. The van der Waals surface area contributed by atoms with Crippen LogP contribution in [0.25, 0.3) is 23.2 Å². The van der Waals surface area contributed by atoms with Crippen LogP contribution in [0.4, 0.5) is 0 Å². The summed E-state index contributed by atoms with van der Waals surface area (Å²) in [4.78, 5) is 12.4. The van der Waals surface area contributed by atoms with Crippen LogP contribution in [0.15, 0.2) is 95.2 Å². The first-order valence-corrected chi connectivity index (χ1v) is 12.7. The summed E-state index contributed by atoms with van der Waals surface area (Å²) in [6.45, 7) is 2.54. The number of carbonyl (C=O) groups is 1. The molecular weight excluding hydrogens is 486 g/mol. The highest BCUT2D eigenvalue weighted by atomic mass is 32.2. The largest absolute Gasteiger partial charge is 0.496 e. The van der Waals surface area contributed by atoms with E-state index in [1.807, 2.05) is 96.4 Å². The molecule has 0 atom stereocenters. The molecule has 1 N–H and O–H groups in total. The summed E-state index contributed by atoms with van der Waals surface area (Å²) >= 11 is 1.28. The zero-order valence-corrected chi connectivity index (χ0v) is 21.4.